The summed E-state index contributed by atoms with van der Waals surface area (Å²) in [6.07, 6.45) is 6.18. The average molecular weight is 367 g/mol. The van der Waals surface area contributed by atoms with Crippen molar-refractivity contribution in [1.82, 2.24) is 9.47 Å². The lowest BCUT2D eigenvalue weighted by atomic mass is 10.2. The van der Waals surface area contributed by atoms with E-state index in [1.165, 1.54) is 36.4 Å². The van der Waals surface area contributed by atoms with Crippen LogP contribution in [0.5, 0.6) is 0 Å². The highest BCUT2D eigenvalue weighted by molar-refractivity contribution is 5.92. The van der Waals surface area contributed by atoms with E-state index in [1.807, 2.05) is 11.0 Å². The molecule has 0 N–H and O–H groups in total. The Balaban J connectivity index is 1.36. The number of aromatic nitrogens is 1. The minimum atomic E-state index is -0.223. The van der Waals surface area contributed by atoms with Gasteiger partial charge in [0.1, 0.15) is 5.82 Å². The second-order valence-electron chi connectivity index (χ2n) is 7.55. The van der Waals surface area contributed by atoms with Crippen LogP contribution in [-0.4, -0.2) is 41.6 Å². The number of anilines is 1. The first-order chi connectivity index (χ1) is 13.0. The van der Waals surface area contributed by atoms with E-state index < -0.39 is 0 Å². The van der Waals surface area contributed by atoms with Gasteiger partial charge in [0.15, 0.2) is 0 Å². The van der Waals surface area contributed by atoms with Crippen molar-refractivity contribution in [2.75, 3.05) is 31.1 Å². The molecule has 0 bridgehead atoms. The molecule has 2 aliphatic rings. The molecule has 4 nitrogen and oxygen atoms in total. The van der Waals surface area contributed by atoms with Gasteiger partial charge in [-0.15, -0.1) is 0 Å². The zero-order chi connectivity index (χ0) is 19.0. The predicted octanol–water partition coefficient (Wildman–Crippen LogP) is 3.94. The van der Waals surface area contributed by atoms with Crippen molar-refractivity contribution in [2.24, 2.45) is 0 Å². The molecule has 142 valence electrons. The van der Waals surface area contributed by atoms with E-state index in [-0.39, 0.29) is 11.7 Å². The summed E-state index contributed by atoms with van der Waals surface area (Å²) in [5.74, 6) is -0.163. The summed E-state index contributed by atoms with van der Waals surface area (Å²) in [4.78, 5) is 16.6. The molecule has 2 fully saturated rings. The number of aryl methyl sites for hydroxylation is 1. The van der Waals surface area contributed by atoms with Gasteiger partial charge in [-0.3, -0.25) is 4.79 Å². The zero-order valence-electron chi connectivity index (χ0n) is 16.0. The van der Waals surface area contributed by atoms with Gasteiger partial charge in [0.25, 0.3) is 0 Å². The SMILES string of the molecule is Cc1cc(C=CC(=O)N2CCN(c3ccc(F)cc3)CC2)c(C)n1C1CC1. The Morgan fingerprint density at radius 3 is 2.37 bits per heavy atom. The van der Waals surface area contributed by atoms with Gasteiger partial charge in [-0.1, -0.05) is 0 Å². The van der Waals surface area contributed by atoms with Crippen molar-refractivity contribution in [3.8, 4) is 0 Å². The summed E-state index contributed by atoms with van der Waals surface area (Å²) < 4.78 is 15.5. The molecule has 2 aromatic rings. The first-order valence-electron chi connectivity index (χ1n) is 9.69. The van der Waals surface area contributed by atoms with Crippen LogP contribution in [-0.2, 0) is 4.79 Å². The van der Waals surface area contributed by atoms with Crippen molar-refractivity contribution in [3.63, 3.8) is 0 Å². The van der Waals surface area contributed by atoms with Gasteiger partial charge in [0.05, 0.1) is 0 Å². The number of benzene rings is 1. The molecule has 4 rings (SSSR count). The van der Waals surface area contributed by atoms with Crippen LogP contribution >= 0.6 is 0 Å². The molecular weight excluding hydrogens is 341 g/mol. The lowest BCUT2D eigenvalue weighted by Crippen LogP contribution is -2.48. The van der Waals surface area contributed by atoms with Crippen LogP contribution in [0.4, 0.5) is 10.1 Å². The Labute approximate surface area is 159 Å². The molecule has 27 heavy (non-hydrogen) atoms. The minimum absolute atomic E-state index is 0.0602. The molecule has 1 saturated carbocycles. The van der Waals surface area contributed by atoms with Crippen LogP contribution in [0.2, 0.25) is 0 Å². The van der Waals surface area contributed by atoms with Gasteiger partial charge in [-0.25, -0.2) is 4.39 Å². The lowest BCUT2D eigenvalue weighted by Gasteiger charge is -2.35. The second-order valence-corrected chi connectivity index (χ2v) is 7.55. The maximum Gasteiger partial charge on any atom is 0.246 e. The van der Waals surface area contributed by atoms with Gasteiger partial charge in [-0.2, -0.15) is 0 Å². The number of hydrogen-bond acceptors (Lipinski definition) is 2. The predicted molar refractivity (Wildman–Crippen MR) is 106 cm³/mol. The molecule has 1 aliphatic heterocycles. The van der Waals surface area contributed by atoms with Crippen LogP contribution in [0.1, 0.15) is 35.8 Å². The first kappa shape index (κ1) is 17.8. The molecule has 1 amide bonds. The highest BCUT2D eigenvalue weighted by Crippen LogP contribution is 2.38. The van der Waals surface area contributed by atoms with Gasteiger partial charge in [0.2, 0.25) is 5.91 Å². The number of carbonyl (C=O) groups is 1. The summed E-state index contributed by atoms with van der Waals surface area (Å²) in [6.45, 7) is 7.17. The largest absolute Gasteiger partial charge is 0.368 e. The molecule has 0 radical (unpaired) electrons. The summed E-state index contributed by atoms with van der Waals surface area (Å²) in [5, 5.41) is 0. The topological polar surface area (TPSA) is 28.5 Å². The van der Waals surface area contributed by atoms with Gasteiger partial charge >= 0.3 is 0 Å². The van der Waals surface area contributed by atoms with Gasteiger partial charge in [0, 0.05) is 55.4 Å². The van der Waals surface area contributed by atoms with Crippen LogP contribution in [0.25, 0.3) is 6.08 Å². The second kappa shape index (κ2) is 7.22. The zero-order valence-corrected chi connectivity index (χ0v) is 16.0. The van der Waals surface area contributed by atoms with E-state index in [1.54, 1.807) is 18.2 Å². The highest BCUT2D eigenvalue weighted by Gasteiger charge is 2.26. The molecule has 2 heterocycles. The lowest BCUT2D eigenvalue weighted by molar-refractivity contribution is -0.126. The molecule has 5 heteroatoms. The quantitative estimate of drug-likeness (QED) is 0.766. The summed E-state index contributed by atoms with van der Waals surface area (Å²) >= 11 is 0. The van der Waals surface area contributed by atoms with Crippen molar-refractivity contribution < 1.29 is 9.18 Å². The molecule has 1 aromatic heterocycles. The number of halogens is 1. The van der Waals surface area contributed by atoms with E-state index in [2.05, 4.69) is 29.4 Å². The van der Waals surface area contributed by atoms with Crippen LogP contribution < -0.4 is 4.90 Å². The van der Waals surface area contributed by atoms with E-state index in [0.29, 0.717) is 19.1 Å². The monoisotopic (exact) mass is 367 g/mol. The summed E-state index contributed by atoms with van der Waals surface area (Å²) in [6, 6.07) is 9.37. The Morgan fingerprint density at radius 1 is 1.07 bits per heavy atom. The molecule has 0 atom stereocenters. The standard InChI is InChI=1S/C22H26FN3O/c1-16-15-18(17(2)26(16)21-8-9-21)3-10-22(27)25-13-11-24(12-14-25)20-6-4-19(23)5-7-20/h3-7,10,15,21H,8-9,11-14H2,1-2H3. The number of rotatable bonds is 4. The van der Waals surface area contributed by atoms with Crippen molar-refractivity contribution >= 4 is 17.7 Å². The normalized spacial score (nSPS) is 17.7. The highest BCUT2D eigenvalue weighted by atomic mass is 19.1. The third kappa shape index (κ3) is 3.77. The van der Waals surface area contributed by atoms with Gasteiger partial charge < -0.3 is 14.4 Å². The Bertz CT molecular complexity index is 856. The molecular formula is C22H26FN3O. The number of piperazine rings is 1. The maximum atomic E-state index is 13.1. The fourth-order valence-corrected chi connectivity index (χ4v) is 3.97. The third-order valence-corrected chi connectivity index (χ3v) is 5.62. The van der Waals surface area contributed by atoms with Crippen LogP contribution in [0.3, 0.4) is 0 Å². The Kier molecular flexibility index (Phi) is 4.77. The van der Waals surface area contributed by atoms with Crippen LogP contribution in [0, 0.1) is 19.7 Å². The molecule has 1 aliphatic carbocycles. The fourth-order valence-electron chi connectivity index (χ4n) is 3.97. The summed E-state index contributed by atoms with van der Waals surface area (Å²) in [5.41, 5.74) is 4.67. The third-order valence-electron chi connectivity index (χ3n) is 5.62. The van der Waals surface area contributed by atoms with Crippen molar-refractivity contribution in [2.45, 2.75) is 32.7 Å². The van der Waals surface area contributed by atoms with E-state index in [4.69, 9.17) is 0 Å². The summed E-state index contributed by atoms with van der Waals surface area (Å²) in [7, 11) is 0. The van der Waals surface area contributed by atoms with Crippen molar-refractivity contribution in [1.29, 1.82) is 0 Å². The Morgan fingerprint density at radius 2 is 1.74 bits per heavy atom. The Hall–Kier alpha value is -2.56. The van der Waals surface area contributed by atoms with E-state index in [9.17, 15) is 9.18 Å². The molecule has 0 spiro atoms. The minimum Gasteiger partial charge on any atom is -0.368 e. The molecule has 1 aromatic carbocycles. The number of carbonyl (C=O) groups excluding carboxylic acids is 1. The fraction of sp³-hybridized carbons (Fsp3) is 0.409. The van der Waals surface area contributed by atoms with E-state index >= 15 is 0 Å². The van der Waals surface area contributed by atoms with E-state index in [0.717, 1.165) is 24.3 Å². The van der Waals surface area contributed by atoms with Crippen LogP contribution in [0.15, 0.2) is 36.4 Å². The van der Waals surface area contributed by atoms with Crippen molar-refractivity contribution in [3.05, 3.63) is 59.2 Å². The molecule has 0 unspecified atom stereocenters. The average Bonchev–Trinajstić information content (AvgIpc) is 3.46. The smallest absolute Gasteiger partial charge is 0.246 e. The number of nitrogens with zero attached hydrogens (tertiary/aromatic N) is 3. The van der Waals surface area contributed by atoms with Gasteiger partial charge in [-0.05, 0) is 68.7 Å². The maximum absolute atomic E-state index is 13.1. The first-order valence-corrected chi connectivity index (χ1v) is 9.69. The number of hydrogen-bond donors (Lipinski definition) is 0. The molecule has 1 saturated heterocycles. The number of amides is 1.